The van der Waals surface area contributed by atoms with Gasteiger partial charge in [-0.15, -0.1) is 0 Å². The molecule has 1 saturated carbocycles. The molecule has 0 spiro atoms. The average Bonchev–Trinajstić information content (AvgIpc) is 3.18. The molecule has 0 radical (unpaired) electrons. The number of ether oxygens (including phenoxy) is 1. The average molecular weight is 306 g/mol. The third kappa shape index (κ3) is 3.09. The summed E-state index contributed by atoms with van der Waals surface area (Å²) in [4.78, 5) is 14.1. The Hall–Kier alpha value is -1.62. The van der Waals surface area contributed by atoms with Crippen molar-refractivity contribution in [2.45, 2.75) is 45.3 Å². The minimum absolute atomic E-state index is 0.316. The lowest BCUT2D eigenvalue weighted by atomic mass is 10.0. The van der Waals surface area contributed by atoms with Gasteiger partial charge >= 0.3 is 5.97 Å². The number of benzene rings is 1. The first-order valence-corrected chi connectivity index (χ1v) is 7.79. The number of hydrogen-bond donors (Lipinski definition) is 1. The molecule has 5 heteroatoms. The van der Waals surface area contributed by atoms with Gasteiger partial charge in [0.2, 0.25) is 0 Å². The largest absolute Gasteiger partial charge is 0.467 e. The Bertz CT molecular complexity index is 597. The number of rotatable bonds is 5. The van der Waals surface area contributed by atoms with E-state index < -0.39 is 11.5 Å². The molecule has 2 aliphatic rings. The fourth-order valence-electron chi connectivity index (χ4n) is 3.02. The molecule has 0 amide bonds. The topological polar surface area (TPSA) is 41.6 Å². The van der Waals surface area contributed by atoms with Crippen LogP contribution in [0.4, 0.5) is 10.1 Å². The number of fused-ring (bicyclic) bond motifs is 1. The summed E-state index contributed by atoms with van der Waals surface area (Å²) in [5.74, 6) is 0.0989. The molecular formula is C17H23FN2O2. The third-order valence-electron chi connectivity index (χ3n) is 4.43. The fraction of sp³-hybridized carbons (Fsp3) is 0.588. The minimum Gasteiger partial charge on any atom is -0.467 e. The van der Waals surface area contributed by atoms with Crippen LogP contribution < -0.4 is 5.32 Å². The quantitative estimate of drug-likeness (QED) is 0.849. The zero-order valence-electron chi connectivity index (χ0n) is 13.4. The van der Waals surface area contributed by atoms with Crippen LogP contribution in [0.1, 0.15) is 37.8 Å². The fourth-order valence-corrected chi connectivity index (χ4v) is 3.02. The van der Waals surface area contributed by atoms with Crippen molar-refractivity contribution in [3.63, 3.8) is 0 Å². The predicted octanol–water partition coefficient (Wildman–Crippen LogP) is 2.91. The van der Waals surface area contributed by atoms with Gasteiger partial charge in [-0.25, -0.2) is 9.18 Å². The summed E-state index contributed by atoms with van der Waals surface area (Å²) >= 11 is 0. The number of nitrogens with one attached hydrogen (secondary N) is 1. The van der Waals surface area contributed by atoms with Crippen LogP contribution in [-0.2, 0) is 22.6 Å². The Morgan fingerprint density at radius 1 is 1.36 bits per heavy atom. The molecule has 1 fully saturated rings. The van der Waals surface area contributed by atoms with Crippen molar-refractivity contribution in [2.75, 3.05) is 19.0 Å². The molecule has 1 aromatic carbocycles. The molecule has 0 bridgehead atoms. The number of halogens is 1. The maximum absolute atomic E-state index is 14.3. The normalized spacial score (nSPS) is 18.2. The van der Waals surface area contributed by atoms with Crippen molar-refractivity contribution in [1.29, 1.82) is 0 Å². The Labute approximate surface area is 130 Å². The third-order valence-corrected chi connectivity index (χ3v) is 4.43. The summed E-state index contributed by atoms with van der Waals surface area (Å²) in [6.07, 6.45) is 2.64. The van der Waals surface area contributed by atoms with Gasteiger partial charge in [-0.2, -0.15) is 0 Å². The number of methoxy groups -OCH3 is 1. The van der Waals surface area contributed by atoms with Crippen LogP contribution in [0.2, 0.25) is 0 Å². The minimum atomic E-state index is -0.962. The van der Waals surface area contributed by atoms with Gasteiger partial charge in [0, 0.05) is 19.6 Å². The van der Waals surface area contributed by atoms with Crippen molar-refractivity contribution < 1.29 is 13.9 Å². The molecular weight excluding hydrogens is 283 g/mol. The Balaban J connectivity index is 1.76. The van der Waals surface area contributed by atoms with Gasteiger partial charge in [0.15, 0.2) is 0 Å². The Kier molecular flexibility index (Phi) is 3.85. The second-order valence-electron chi connectivity index (χ2n) is 6.96. The van der Waals surface area contributed by atoms with Crippen LogP contribution in [0.25, 0.3) is 0 Å². The molecule has 1 heterocycles. The number of anilines is 1. The number of hydrogen-bond acceptors (Lipinski definition) is 4. The van der Waals surface area contributed by atoms with Gasteiger partial charge in [0.25, 0.3) is 0 Å². The summed E-state index contributed by atoms with van der Waals surface area (Å²) in [5.41, 5.74) is 1.60. The Morgan fingerprint density at radius 3 is 2.59 bits per heavy atom. The molecule has 1 aliphatic carbocycles. The van der Waals surface area contributed by atoms with E-state index in [1.165, 1.54) is 20.0 Å². The van der Waals surface area contributed by atoms with Crippen LogP contribution in [-0.4, -0.2) is 30.1 Å². The van der Waals surface area contributed by atoms with E-state index in [4.69, 9.17) is 4.74 Å². The highest BCUT2D eigenvalue weighted by molar-refractivity contribution is 5.83. The highest BCUT2D eigenvalue weighted by Gasteiger charge is 2.31. The van der Waals surface area contributed by atoms with E-state index in [0.29, 0.717) is 5.69 Å². The second-order valence-corrected chi connectivity index (χ2v) is 6.96. The summed E-state index contributed by atoms with van der Waals surface area (Å²) in [5, 5.41) is 2.97. The molecule has 1 aliphatic heterocycles. The van der Waals surface area contributed by atoms with Crippen LogP contribution in [0.15, 0.2) is 12.1 Å². The lowest BCUT2D eigenvalue weighted by molar-refractivity contribution is -0.144. The lowest BCUT2D eigenvalue weighted by Crippen LogP contribution is -2.41. The van der Waals surface area contributed by atoms with E-state index in [2.05, 4.69) is 10.2 Å². The number of nitrogens with zero attached hydrogens (tertiary/aromatic N) is 1. The first-order chi connectivity index (χ1) is 10.4. The molecule has 1 aromatic rings. The summed E-state index contributed by atoms with van der Waals surface area (Å²) in [6, 6.07) is 3.43. The summed E-state index contributed by atoms with van der Waals surface area (Å²) in [7, 11) is 1.33. The van der Waals surface area contributed by atoms with Crippen molar-refractivity contribution in [2.24, 2.45) is 5.92 Å². The highest BCUT2D eigenvalue weighted by atomic mass is 19.1. The van der Waals surface area contributed by atoms with Crippen LogP contribution in [0, 0.1) is 11.7 Å². The van der Waals surface area contributed by atoms with E-state index in [-0.39, 0.29) is 5.82 Å². The Morgan fingerprint density at radius 2 is 2.00 bits per heavy atom. The molecule has 22 heavy (non-hydrogen) atoms. The monoisotopic (exact) mass is 306 g/mol. The summed E-state index contributed by atoms with van der Waals surface area (Å²) < 4.78 is 19.1. The number of carbonyl (C=O) groups excluding carboxylic acids is 1. The molecule has 4 nitrogen and oxygen atoms in total. The molecule has 0 atom stereocenters. The SMILES string of the molecule is COC(=O)C(C)(C)Nc1cc2c(cc1F)CN(CC1CC1)C2. The van der Waals surface area contributed by atoms with E-state index >= 15 is 0 Å². The van der Waals surface area contributed by atoms with Crippen LogP contribution >= 0.6 is 0 Å². The van der Waals surface area contributed by atoms with Crippen molar-refractivity contribution >= 4 is 11.7 Å². The predicted molar refractivity (Wildman–Crippen MR) is 83.0 cm³/mol. The number of carbonyl (C=O) groups is 1. The van der Waals surface area contributed by atoms with Crippen molar-refractivity contribution in [3.8, 4) is 0 Å². The number of esters is 1. The summed E-state index contributed by atoms with van der Waals surface area (Å²) in [6.45, 7) is 6.16. The lowest BCUT2D eigenvalue weighted by Gasteiger charge is -2.25. The first kappa shape index (κ1) is 15.3. The van der Waals surface area contributed by atoms with Gasteiger partial charge < -0.3 is 10.1 Å². The van der Waals surface area contributed by atoms with Gasteiger partial charge in [-0.3, -0.25) is 4.90 Å². The molecule has 0 aromatic heterocycles. The zero-order chi connectivity index (χ0) is 15.9. The van der Waals surface area contributed by atoms with Gasteiger partial charge in [-0.1, -0.05) is 0 Å². The second kappa shape index (κ2) is 5.54. The van der Waals surface area contributed by atoms with E-state index in [9.17, 15) is 9.18 Å². The van der Waals surface area contributed by atoms with Crippen LogP contribution in [0.3, 0.4) is 0 Å². The molecule has 0 saturated heterocycles. The smallest absolute Gasteiger partial charge is 0.330 e. The standard InChI is InChI=1S/C17H23FN2O2/c1-17(2,16(21)22-3)19-15-7-13-10-20(8-11-4-5-11)9-12(13)6-14(15)18/h6-7,11,19H,4-5,8-10H2,1-3H3. The first-order valence-electron chi connectivity index (χ1n) is 7.79. The highest BCUT2D eigenvalue weighted by Crippen LogP contribution is 2.34. The van der Waals surface area contributed by atoms with E-state index in [1.807, 2.05) is 6.07 Å². The van der Waals surface area contributed by atoms with E-state index in [0.717, 1.165) is 36.7 Å². The molecule has 0 unspecified atom stereocenters. The molecule has 1 N–H and O–H groups in total. The van der Waals surface area contributed by atoms with Crippen molar-refractivity contribution in [3.05, 3.63) is 29.1 Å². The van der Waals surface area contributed by atoms with Gasteiger partial charge in [0.1, 0.15) is 11.4 Å². The maximum Gasteiger partial charge on any atom is 0.330 e. The molecule has 120 valence electrons. The van der Waals surface area contributed by atoms with Gasteiger partial charge in [0.05, 0.1) is 12.8 Å². The van der Waals surface area contributed by atoms with Crippen LogP contribution in [0.5, 0.6) is 0 Å². The van der Waals surface area contributed by atoms with E-state index in [1.54, 1.807) is 19.9 Å². The molecule has 3 rings (SSSR count). The maximum atomic E-state index is 14.3. The van der Waals surface area contributed by atoms with Crippen molar-refractivity contribution in [1.82, 2.24) is 4.90 Å². The van der Waals surface area contributed by atoms with Gasteiger partial charge in [-0.05, 0) is 55.9 Å². The zero-order valence-corrected chi connectivity index (χ0v) is 13.4.